The molecule has 1 aromatic carbocycles. The van der Waals surface area contributed by atoms with Crippen LogP contribution in [-0.4, -0.2) is 18.0 Å². The average Bonchev–Trinajstić information content (AvgIpc) is 2.30. The van der Waals surface area contributed by atoms with Crippen molar-refractivity contribution in [2.75, 3.05) is 13.1 Å². The Morgan fingerprint density at radius 2 is 2.00 bits per heavy atom. The van der Waals surface area contributed by atoms with Crippen molar-refractivity contribution >= 4 is 0 Å². The molecule has 1 saturated heterocycles. The van der Waals surface area contributed by atoms with Crippen molar-refractivity contribution in [2.45, 2.75) is 32.7 Å². The molecule has 1 heterocycles. The third-order valence-electron chi connectivity index (χ3n) is 3.57. The summed E-state index contributed by atoms with van der Waals surface area (Å²) in [6, 6.07) is 11.6. The number of piperidine rings is 1. The summed E-state index contributed by atoms with van der Waals surface area (Å²) in [5.41, 5.74) is 1.49. The normalized spacial score (nSPS) is 27.9. The molecule has 0 aliphatic carbocycles. The van der Waals surface area contributed by atoms with E-state index in [9.17, 15) is 0 Å². The van der Waals surface area contributed by atoms with Crippen molar-refractivity contribution in [2.24, 2.45) is 5.92 Å². The van der Waals surface area contributed by atoms with E-state index in [0.29, 0.717) is 6.04 Å². The van der Waals surface area contributed by atoms with Crippen LogP contribution in [-0.2, 0) is 0 Å². The highest BCUT2D eigenvalue weighted by Crippen LogP contribution is 2.33. The molecule has 0 N–H and O–H groups in total. The molecule has 1 fully saturated rings. The Bertz CT molecular complexity index is 293. The highest BCUT2D eigenvalue weighted by atomic mass is 15.2. The molecule has 0 aromatic heterocycles. The van der Waals surface area contributed by atoms with Crippen molar-refractivity contribution in [3.8, 4) is 0 Å². The quantitative estimate of drug-likeness (QED) is 0.711. The van der Waals surface area contributed by atoms with E-state index in [-0.39, 0.29) is 0 Å². The molecule has 2 rings (SSSR count). The zero-order valence-corrected chi connectivity index (χ0v) is 9.82. The van der Waals surface area contributed by atoms with Gasteiger partial charge in [-0.1, -0.05) is 44.2 Å². The highest BCUT2D eigenvalue weighted by Gasteiger charge is 2.25. The summed E-state index contributed by atoms with van der Waals surface area (Å²) < 4.78 is 0. The second-order valence-corrected chi connectivity index (χ2v) is 4.68. The fourth-order valence-corrected chi connectivity index (χ4v) is 2.59. The van der Waals surface area contributed by atoms with Crippen LogP contribution in [0.5, 0.6) is 0 Å². The summed E-state index contributed by atoms with van der Waals surface area (Å²) in [4.78, 5) is 2.61. The van der Waals surface area contributed by atoms with Gasteiger partial charge in [-0.3, -0.25) is 4.90 Å². The lowest BCUT2D eigenvalue weighted by molar-refractivity contribution is 0.125. The van der Waals surface area contributed by atoms with Gasteiger partial charge in [0.15, 0.2) is 0 Å². The summed E-state index contributed by atoms with van der Waals surface area (Å²) in [5, 5.41) is 0. The number of nitrogens with zero attached hydrogens (tertiary/aromatic N) is 1. The third kappa shape index (κ3) is 2.40. The zero-order chi connectivity index (χ0) is 10.7. The minimum Gasteiger partial charge on any atom is -0.297 e. The topological polar surface area (TPSA) is 3.24 Å². The maximum Gasteiger partial charge on any atom is 0.0350 e. The van der Waals surface area contributed by atoms with E-state index in [0.717, 1.165) is 5.92 Å². The SMILES string of the molecule is CCN1CCC(C)CC1c1ccccc1. The van der Waals surface area contributed by atoms with E-state index in [1.165, 1.54) is 31.5 Å². The molecule has 0 spiro atoms. The van der Waals surface area contributed by atoms with Gasteiger partial charge in [0.1, 0.15) is 0 Å². The minimum atomic E-state index is 0.653. The highest BCUT2D eigenvalue weighted by molar-refractivity contribution is 5.19. The van der Waals surface area contributed by atoms with Crippen LogP contribution in [0.4, 0.5) is 0 Å². The van der Waals surface area contributed by atoms with E-state index in [1.807, 2.05) is 0 Å². The van der Waals surface area contributed by atoms with Crippen LogP contribution in [0.1, 0.15) is 38.3 Å². The smallest absolute Gasteiger partial charge is 0.0350 e. The molecule has 1 aromatic rings. The van der Waals surface area contributed by atoms with Gasteiger partial charge in [-0.05, 0) is 37.4 Å². The van der Waals surface area contributed by atoms with Crippen molar-refractivity contribution in [1.29, 1.82) is 0 Å². The largest absolute Gasteiger partial charge is 0.297 e. The Morgan fingerprint density at radius 1 is 1.27 bits per heavy atom. The summed E-state index contributed by atoms with van der Waals surface area (Å²) in [6.45, 7) is 7.08. The molecule has 1 heteroatoms. The van der Waals surface area contributed by atoms with Gasteiger partial charge in [0, 0.05) is 6.04 Å². The number of benzene rings is 1. The van der Waals surface area contributed by atoms with Crippen molar-refractivity contribution in [1.82, 2.24) is 4.90 Å². The standard InChI is InChI=1S/C14H21N/c1-3-15-10-9-12(2)11-14(15)13-7-5-4-6-8-13/h4-8,12,14H,3,9-11H2,1-2H3. The Balaban J connectivity index is 2.17. The molecule has 1 aliphatic rings. The number of rotatable bonds is 2. The predicted molar refractivity (Wildman–Crippen MR) is 64.8 cm³/mol. The third-order valence-corrected chi connectivity index (χ3v) is 3.57. The molecule has 0 amide bonds. The molecule has 1 nitrogen and oxygen atoms in total. The van der Waals surface area contributed by atoms with E-state index >= 15 is 0 Å². The van der Waals surface area contributed by atoms with Gasteiger partial charge < -0.3 is 0 Å². The summed E-state index contributed by atoms with van der Waals surface area (Å²) >= 11 is 0. The number of hydrogen-bond donors (Lipinski definition) is 0. The predicted octanol–water partition coefficient (Wildman–Crippen LogP) is 3.48. The Hall–Kier alpha value is -0.820. The first-order valence-corrected chi connectivity index (χ1v) is 6.10. The second kappa shape index (κ2) is 4.80. The summed E-state index contributed by atoms with van der Waals surface area (Å²) in [7, 11) is 0. The van der Waals surface area contributed by atoms with Crippen molar-refractivity contribution in [3.05, 3.63) is 35.9 Å². The van der Waals surface area contributed by atoms with Gasteiger partial charge >= 0.3 is 0 Å². The zero-order valence-electron chi connectivity index (χ0n) is 9.82. The van der Waals surface area contributed by atoms with E-state index in [2.05, 4.69) is 49.1 Å². The molecule has 15 heavy (non-hydrogen) atoms. The summed E-state index contributed by atoms with van der Waals surface area (Å²) in [5.74, 6) is 0.873. The lowest BCUT2D eigenvalue weighted by atomic mass is 9.88. The number of hydrogen-bond acceptors (Lipinski definition) is 1. The van der Waals surface area contributed by atoms with Gasteiger partial charge in [0.05, 0.1) is 0 Å². The lowest BCUT2D eigenvalue weighted by Gasteiger charge is -2.38. The van der Waals surface area contributed by atoms with Crippen LogP contribution in [0.3, 0.4) is 0 Å². The van der Waals surface area contributed by atoms with Crippen LogP contribution in [0.15, 0.2) is 30.3 Å². The summed E-state index contributed by atoms with van der Waals surface area (Å²) in [6.07, 6.45) is 2.68. The van der Waals surface area contributed by atoms with Crippen LogP contribution < -0.4 is 0 Å². The van der Waals surface area contributed by atoms with Gasteiger partial charge in [-0.25, -0.2) is 0 Å². The lowest BCUT2D eigenvalue weighted by Crippen LogP contribution is -2.35. The monoisotopic (exact) mass is 203 g/mol. The molecule has 82 valence electrons. The molecule has 0 radical (unpaired) electrons. The second-order valence-electron chi connectivity index (χ2n) is 4.68. The van der Waals surface area contributed by atoms with Gasteiger partial charge in [-0.2, -0.15) is 0 Å². The first-order chi connectivity index (χ1) is 7.31. The molecular formula is C14H21N. The molecule has 1 aliphatic heterocycles. The maximum atomic E-state index is 2.61. The van der Waals surface area contributed by atoms with Gasteiger partial charge in [0.2, 0.25) is 0 Å². The van der Waals surface area contributed by atoms with Crippen LogP contribution >= 0.6 is 0 Å². The van der Waals surface area contributed by atoms with Gasteiger partial charge in [-0.15, -0.1) is 0 Å². The molecule has 2 atom stereocenters. The fourth-order valence-electron chi connectivity index (χ4n) is 2.59. The molecular weight excluding hydrogens is 182 g/mol. The van der Waals surface area contributed by atoms with Crippen LogP contribution in [0.25, 0.3) is 0 Å². The van der Waals surface area contributed by atoms with Crippen LogP contribution in [0, 0.1) is 5.92 Å². The first-order valence-electron chi connectivity index (χ1n) is 6.10. The fraction of sp³-hybridized carbons (Fsp3) is 0.571. The molecule has 0 saturated carbocycles. The Kier molecular flexibility index (Phi) is 3.42. The Labute approximate surface area is 93.1 Å². The van der Waals surface area contributed by atoms with E-state index in [1.54, 1.807) is 0 Å². The average molecular weight is 203 g/mol. The van der Waals surface area contributed by atoms with E-state index < -0.39 is 0 Å². The van der Waals surface area contributed by atoms with Crippen molar-refractivity contribution < 1.29 is 0 Å². The molecule has 2 unspecified atom stereocenters. The van der Waals surface area contributed by atoms with Gasteiger partial charge in [0.25, 0.3) is 0 Å². The van der Waals surface area contributed by atoms with Crippen molar-refractivity contribution in [3.63, 3.8) is 0 Å². The maximum absolute atomic E-state index is 2.61. The first kappa shape index (κ1) is 10.7. The minimum absolute atomic E-state index is 0.653. The van der Waals surface area contributed by atoms with E-state index in [4.69, 9.17) is 0 Å². The molecule has 0 bridgehead atoms. The van der Waals surface area contributed by atoms with Crippen LogP contribution in [0.2, 0.25) is 0 Å². The number of likely N-dealkylation sites (tertiary alicyclic amines) is 1. The Morgan fingerprint density at radius 3 is 2.67 bits per heavy atom.